The van der Waals surface area contributed by atoms with Crippen LogP contribution in [-0.4, -0.2) is 37.2 Å². The molecule has 0 amide bonds. The van der Waals surface area contributed by atoms with Crippen LogP contribution in [-0.2, 0) is 9.84 Å². The molecule has 0 aliphatic carbocycles. The summed E-state index contributed by atoms with van der Waals surface area (Å²) in [5.41, 5.74) is 1.46. The van der Waals surface area contributed by atoms with Crippen molar-refractivity contribution < 1.29 is 8.42 Å². The number of nitrogens with zero attached hydrogens (tertiary/aromatic N) is 1. The summed E-state index contributed by atoms with van der Waals surface area (Å²) in [6.07, 6.45) is 2.01. The third-order valence-corrected chi connectivity index (χ3v) is 5.21. The highest BCUT2D eigenvalue weighted by Gasteiger charge is 2.25. The highest BCUT2D eigenvalue weighted by atomic mass is 35.5. The van der Waals surface area contributed by atoms with Crippen LogP contribution in [0, 0.1) is 5.92 Å². The molecular weight excluding hydrogens is 298 g/mol. The van der Waals surface area contributed by atoms with Crippen LogP contribution in [0.5, 0.6) is 0 Å². The molecule has 1 aliphatic heterocycles. The summed E-state index contributed by atoms with van der Waals surface area (Å²) in [4.78, 5) is 7.09. The number of hydrogen-bond acceptors (Lipinski definition) is 4. The molecule has 5 nitrogen and oxygen atoms in total. The first-order valence-corrected chi connectivity index (χ1v) is 8.18. The molecule has 0 radical (unpaired) electrons. The third-order valence-electron chi connectivity index (χ3n) is 3.52. The number of halogens is 1. The Morgan fingerprint density at radius 2 is 2.10 bits per heavy atom. The van der Waals surface area contributed by atoms with Gasteiger partial charge in [-0.15, -0.1) is 12.4 Å². The van der Waals surface area contributed by atoms with Gasteiger partial charge < -0.3 is 10.3 Å². The highest BCUT2D eigenvalue weighted by molar-refractivity contribution is 7.91. The van der Waals surface area contributed by atoms with Crippen LogP contribution in [0.4, 0.5) is 0 Å². The molecule has 20 heavy (non-hydrogen) atoms. The van der Waals surface area contributed by atoms with Gasteiger partial charge in [0.25, 0.3) is 0 Å². The Hall–Kier alpha value is -1.11. The zero-order valence-corrected chi connectivity index (χ0v) is 12.6. The van der Waals surface area contributed by atoms with Gasteiger partial charge in [-0.25, -0.2) is 13.4 Å². The SMILES string of the molecule is Cl.O=S(=O)(CC1CCCNC1)c1nc2ccccc2[nH]1. The molecule has 2 heterocycles. The molecule has 3 rings (SSSR count). The number of para-hydroxylation sites is 2. The minimum Gasteiger partial charge on any atom is -0.329 e. The zero-order chi connectivity index (χ0) is 13.3. The van der Waals surface area contributed by atoms with E-state index in [4.69, 9.17) is 0 Å². The fourth-order valence-electron chi connectivity index (χ4n) is 2.53. The molecule has 1 fully saturated rings. The lowest BCUT2D eigenvalue weighted by Crippen LogP contribution is -2.34. The van der Waals surface area contributed by atoms with Crippen molar-refractivity contribution in [1.29, 1.82) is 0 Å². The fraction of sp³-hybridized carbons (Fsp3) is 0.462. The Morgan fingerprint density at radius 3 is 2.80 bits per heavy atom. The standard InChI is InChI=1S/C13H17N3O2S.ClH/c17-19(18,9-10-4-3-7-14-8-10)13-15-11-5-1-2-6-12(11)16-13;/h1-2,5-6,10,14H,3-4,7-9H2,(H,15,16);1H. The molecule has 1 aliphatic rings. The largest absolute Gasteiger partial charge is 0.329 e. The molecule has 2 aromatic rings. The number of fused-ring (bicyclic) bond motifs is 1. The van der Waals surface area contributed by atoms with Crippen LogP contribution >= 0.6 is 12.4 Å². The first kappa shape index (κ1) is 15.3. The lowest BCUT2D eigenvalue weighted by molar-refractivity contribution is 0.403. The van der Waals surface area contributed by atoms with E-state index in [1.807, 2.05) is 24.3 Å². The number of rotatable bonds is 3. The monoisotopic (exact) mass is 315 g/mol. The summed E-state index contributed by atoms with van der Waals surface area (Å²) in [6.45, 7) is 1.76. The van der Waals surface area contributed by atoms with E-state index in [9.17, 15) is 8.42 Å². The summed E-state index contributed by atoms with van der Waals surface area (Å²) in [7, 11) is -3.33. The number of imidazole rings is 1. The van der Waals surface area contributed by atoms with Crippen molar-refractivity contribution in [3.05, 3.63) is 24.3 Å². The first-order valence-electron chi connectivity index (χ1n) is 6.53. The third kappa shape index (κ3) is 3.13. The number of aromatic nitrogens is 2. The summed E-state index contributed by atoms with van der Waals surface area (Å²) in [5.74, 6) is 0.353. The molecule has 1 atom stereocenters. The van der Waals surface area contributed by atoms with E-state index >= 15 is 0 Å². The summed E-state index contributed by atoms with van der Waals surface area (Å²) >= 11 is 0. The Balaban J connectivity index is 0.00000147. The first-order chi connectivity index (χ1) is 9.15. The Labute approximate surface area is 124 Å². The lowest BCUT2D eigenvalue weighted by atomic mass is 10.0. The van der Waals surface area contributed by atoms with E-state index in [-0.39, 0.29) is 29.2 Å². The van der Waals surface area contributed by atoms with Crippen LogP contribution in [0.3, 0.4) is 0 Å². The summed E-state index contributed by atoms with van der Waals surface area (Å²) in [5, 5.41) is 3.34. The van der Waals surface area contributed by atoms with Crippen molar-refractivity contribution in [1.82, 2.24) is 15.3 Å². The van der Waals surface area contributed by atoms with E-state index in [2.05, 4.69) is 15.3 Å². The molecule has 7 heteroatoms. The fourth-order valence-corrected chi connectivity index (χ4v) is 4.10. The van der Waals surface area contributed by atoms with Gasteiger partial charge in [-0.2, -0.15) is 0 Å². The smallest absolute Gasteiger partial charge is 0.226 e. The normalized spacial score (nSPS) is 19.7. The second kappa shape index (κ2) is 6.11. The minimum absolute atomic E-state index is 0. The van der Waals surface area contributed by atoms with Crippen LogP contribution in [0.25, 0.3) is 11.0 Å². The van der Waals surface area contributed by atoms with Crippen LogP contribution in [0.15, 0.2) is 29.4 Å². The van der Waals surface area contributed by atoms with Gasteiger partial charge >= 0.3 is 0 Å². The zero-order valence-electron chi connectivity index (χ0n) is 11.0. The van der Waals surface area contributed by atoms with Gasteiger partial charge in [-0.3, -0.25) is 0 Å². The minimum atomic E-state index is -3.33. The second-order valence-electron chi connectivity index (χ2n) is 5.05. The summed E-state index contributed by atoms with van der Waals surface area (Å²) < 4.78 is 24.7. The second-order valence-corrected chi connectivity index (χ2v) is 7.00. The van der Waals surface area contributed by atoms with Crippen molar-refractivity contribution in [2.45, 2.75) is 18.0 Å². The van der Waals surface area contributed by atoms with Gasteiger partial charge in [-0.1, -0.05) is 12.1 Å². The topological polar surface area (TPSA) is 74.8 Å². The number of hydrogen-bond donors (Lipinski definition) is 2. The molecule has 1 aromatic heterocycles. The predicted molar refractivity (Wildman–Crippen MR) is 81.0 cm³/mol. The van der Waals surface area contributed by atoms with Crippen molar-refractivity contribution in [3.8, 4) is 0 Å². The van der Waals surface area contributed by atoms with Crippen molar-refractivity contribution in [3.63, 3.8) is 0 Å². The number of nitrogens with one attached hydrogen (secondary N) is 2. The maximum atomic E-state index is 12.3. The molecule has 0 saturated carbocycles. The molecule has 110 valence electrons. The quantitative estimate of drug-likeness (QED) is 0.905. The molecule has 1 aromatic carbocycles. The molecule has 0 bridgehead atoms. The van der Waals surface area contributed by atoms with E-state index in [1.165, 1.54) is 0 Å². The van der Waals surface area contributed by atoms with E-state index < -0.39 is 9.84 Å². The Morgan fingerprint density at radius 1 is 1.30 bits per heavy atom. The van der Waals surface area contributed by atoms with Crippen molar-refractivity contribution >= 4 is 33.3 Å². The van der Waals surface area contributed by atoms with Crippen LogP contribution in [0.1, 0.15) is 12.8 Å². The van der Waals surface area contributed by atoms with E-state index in [0.717, 1.165) is 31.4 Å². The predicted octanol–water partition coefficient (Wildman–Crippen LogP) is 1.76. The van der Waals surface area contributed by atoms with Gasteiger partial charge in [0, 0.05) is 0 Å². The van der Waals surface area contributed by atoms with E-state index in [1.54, 1.807) is 0 Å². The Kier molecular flexibility index (Phi) is 4.67. The maximum Gasteiger partial charge on any atom is 0.226 e. The molecule has 0 spiro atoms. The number of sulfone groups is 1. The molecular formula is C13H18ClN3O2S. The van der Waals surface area contributed by atoms with Gasteiger partial charge in [0.2, 0.25) is 15.0 Å². The lowest BCUT2D eigenvalue weighted by Gasteiger charge is -2.21. The molecule has 2 N–H and O–H groups in total. The molecule has 1 unspecified atom stereocenters. The number of H-pyrrole nitrogens is 1. The van der Waals surface area contributed by atoms with Crippen molar-refractivity contribution in [2.75, 3.05) is 18.8 Å². The van der Waals surface area contributed by atoms with E-state index in [0.29, 0.717) is 5.52 Å². The molecule has 1 saturated heterocycles. The maximum absolute atomic E-state index is 12.3. The average Bonchev–Trinajstić information content (AvgIpc) is 2.84. The van der Waals surface area contributed by atoms with Crippen LogP contribution < -0.4 is 5.32 Å². The van der Waals surface area contributed by atoms with Crippen LogP contribution in [0.2, 0.25) is 0 Å². The summed E-state index contributed by atoms with van der Waals surface area (Å²) in [6, 6.07) is 7.36. The number of piperidine rings is 1. The van der Waals surface area contributed by atoms with Gasteiger partial charge in [0.1, 0.15) is 0 Å². The van der Waals surface area contributed by atoms with Gasteiger partial charge in [-0.05, 0) is 44.0 Å². The Bertz CT molecular complexity index is 645. The number of aromatic amines is 1. The van der Waals surface area contributed by atoms with Gasteiger partial charge in [0.15, 0.2) is 0 Å². The highest BCUT2D eigenvalue weighted by Crippen LogP contribution is 2.19. The van der Waals surface area contributed by atoms with Gasteiger partial charge in [0.05, 0.1) is 16.8 Å². The van der Waals surface area contributed by atoms with Crippen molar-refractivity contribution in [2.24, 2.45) is 5.92 Å². The number of benzene rings is 1. The average molecular weight is 316 g/mol.